The molecule has 0 aromatic heterocycles. The maximum atomic E-state index is 6.02. The van der Waals surface area contributed by atoms with Crippen molar-refractivity contribution in [3.63, 3.8) is 0 Å². The third kappa shape index (κ3) is 7.03. The van der Waals surface area contributed by atoms with Gasteiger partial charge in [0, 0.05) is 19.1 Å². The number of nitrogens with two attached hydrogens (primary N) is 1. The second-order valence-corrected chi connectivity index (χ2v) is 6.16. The molecule has 3 N–H and O–H groups in total. The third-order valence-corrected chi connectivity index (χ3v) is 2.13. The van der Waals surface area contributed by atoms with E-state index in [4.69, 9.17) is 5.73 Å². The second-order valence-electron chi connectivity index (χ2n) is 6.16. The molecule has 13 heavy (non-hydrogen) atoms. The van der Waals surface area contributed by atoms with E-state index in [2.05, 4.69) is 46.9 Å². The Morgan fingerprint density at radius 1 is 1.08 bits per heavy atom. The summed E-state index contributed by atoms with van der Waals surface area (Å²) in [6, 6.07) is 0.231. The zero-order chi connectivity index (χ0) is 10.7. The van der Waals surface area contributed by atoms with Crippen LogP contribution < -0.4 is 11.1 Å². The Kier molecular flexibility index (Phi) is 4.40. The fourth-order valence-corrected chi connectivity index (χ4v) is 0.909. The highest BCUT2D eigenvalue weighted by molar-refractivity contribution is 4.79. The van der Waals surface area contributed by atoms with Gasteiger partial charge < -0.3 is 11.1 Å². The van der Waals surface area contributed by atoms with Gasteiger partial charge in [0.1, 0.15) is 0 Å². The Morgan fingerprint density at radius 3 is 1.85 bits per heavy atom. The largest absolute Gasteiger partial charge is 0.326 e. The maximum absolute atomic E-state index is 6.02. The summed E-state index contributed by atoms with van der Waals surface area (Å²) in [4.78, 5) is 0. The number of rotatable bonds is 3. The van der Waals surface area contributed by atoms with Crippen LogP contribution in [0, 0.1) is 10.8 Å². The highest BCUT2D eigenvalue weighted by Crippen LogP contribution is 2.17. The van der Waals surface area contributed by atoms with Gasteiger partial charge in [-0.25, -0.2) is 0 Å². The lowest BCUT2D eigenvalue weighted by Gasteiger charge is -2.28. The molecule has 0 radical (unpaired) electrons. The first kappa shape index (κ1) is 12.9. The smallest absolute Gasteiger partial charge is 0.0214 e. The van der Waals surface area contributed by atoms with Crippen molar-refractivity contribution in [2.75, 3.05) is 13.1 Å². The van der Waals surface area contributed by atoms with Crippen molar-refractivity contribution in [2.45, 2.75) is 47.6 Å². The molecule has 2 nitrogen and oxygen atoms in total. The molecule has 1 atom stereocenters. The maximum Gasteiger partial charge on any atom is 0.0214 e. The molecule has 0 spiro atoms. The van der Waals surface area contributed by atoms with E-state index in [-0.39, 0.29) is 11.5 Å². The van der Waals surface area contributed by atoms with E-state index in [1.807, 2.05) is 0 Å². The van der Waals surface area contributed by atoms with Gasteiger partial charge in [-0.1, -0.05) is 41.5 Å². The van der Waals surface area contributed by atoms with E-state index in [9.17, 15) is 0 Å². The fourth-order valence-electron chi connectivity index (χ4n) is 0.909. The van der Waals surface area contributed by atoms with Crippen LogP contribution in [0.2, 0.25) is 0 Å². The van der Waals surface area contributed by atoms with Crippen molar-refractivity contribution in [1.29, 1.82) is 0 Å². The predicted octanol–water partition coefficient (Wildman–Crippen LogP) is 2.00. The molecule has 0 aromatic rings. The van der Waals surface area contributed by atoms with Crippen molar-refractivity contribution < 1.29 is 0 Å². The molecule has 0 heterocycles. The van der Waals surface area contributed by atoms with Crippen LogP contribution >= 0.6 is 0 Å². The monoisotopic (exact) mass is 186 g/mol. The molecule has 1 unspecified atom stereocenters. The van der Waals surface area contributed by atoms with Gasteiger partial charge in [-0.3, -0.25) is 0 Å². The molecule has 0 rings (SSSR count). The lowest BCUT2D eigenvalue weighted by atomic mass is 9.87. The molecule has 0 saturated carbocycles. The zero-order valence-electron chi connectivity index (χ0n) is 10.1. The summed E-state index contributed by atoms with van der Waals surface area (Å²) in [5.41, 5.74) is 6.56. The highest BCUT2D eigenvalue weighted by Gasteiger charge is 2.20. The van der Waals surface area contributed by atoms with Crippen LogP contribution in [0.25, 0.3) is 0 Å². The quantitative estimate of drug-likeness (QED) is 0.707. The number of hydrogen-bond acceptors (Lipinski definition) is 2. The SMILES string of the molecule is CC(C)(C)CNCC(N)C(C)(C)C. The summed E-state index contributed by atoms with van der Waals surface area (Å²) in [7, 11) is 0. The minimum absolute atomic E-state index is 0.199. The third-order valence-electron chi connectivity index (χ3n) is 2.13. The molecule has 2 heteroatoms. The van der Waals surface area contributed by atoms with Crippen molar-refractivity contribution >= 4 is 0 Å². The van der Waals surface area contributed by atoms with E-state index in [0.717, 1.165) is 13.1 Å². The molecule has 0 fully saturated rings. The van der Waals surface area contributed by atoms with Crippen molar-refractivity contribution in [1.82, 2.24) is 5.32 Å². The zero-order valence-corrected chi connectivity index (χ0v) is 10.1. The Labute approximate surface area is 83.3 Å². The second kappa shape index (κ2) is 4.43. The van der Waals surface area contributed by atoms with E-state index in [0.29, 0.717) is 5.41 Å². The van der Waals surface area contributed by atoms with Crippen molar-refractivity contribution in [2.24, 2.45) is 16.6 Å². The minimum atomic E-state index is 0.199. The average molecular weight is 186 g/mol. The standard InChI is InChI=1S/C11H26N2/c1-10(2,3)8-13-7-9(12)11(4,5)6/h9,13H,7-8,12H2,1-6H3. The first-order chi connectivity index (χ1) is 5.63. The van der Waals surface area contributed by atoms with Gasteiger partial charge in [0.05, 0.1) is 0 Å². The van der Waals surface area contributed by atoms with Crippen LogP contribution in [0.5, 0.6) is 0 Å². The molecular formula is C11H26N2. The lowest BCUT2D eigenvalue weighted by molar-refractivity contribution is 0.291. The fraction of sp³-hybridized carbons (Fsp3) is 1.00. The van der Waals surface area contributed by atoms with Crippen LogP contribution in [0.1, 0.15) is 41.5 Å². The molecule has 0 aromatic carbocycles. The molecule has 0 aliphatic rings. The summed E-state index contributed by atoms with van der Waals surface area (Å²) < 4.78 is 0. The van der Waals surface area contributed by atoms with Gasteiger partial charge in [0.25, 0.3) is 0 Å². The van der Waals surface area contributed by atoms with Gasteiger partial charge in [-0.05, 0) is 10.8 Å². The first-order valence-electron chi connectivity index (χ1n) is 5.09. The summed E-state index contributed by atoms with van der Waals surface area (Å²) in [5, 5.41) is 3.41. The lowest BCUT2D eigenvalue weighted by Crippen LogP contribution is -2.45. The van der Waals surface area contributed by atoms with Gasteiger partial charge >= 0.3 is 0 Å². The average Bonchev–Trinajstić information content (AvgIpc) is 1.82. The first-order valence-corrected chi connectivity index (χ1v) is 5.09. The molecule has 0 amide bonds. The Hall–Kier alpha value is -0.0800. The van der Waals surface area contributed by atoms with E-state index in [1.165, 1.54) is 0 Å². The van der Waals surface area contributed by atoms with Gasteiger partial charge in [0.2, 0.25) is 0 Å². The van der Waals surface area contributed by atoms with Gasteiger partial charge in [-0.15, -0.1) is 0 Å². The topological polar surface area (TPSA) is 38.0 Å². The summed E-state index contributed by atoms with van der Waals surface area (Å²) in [6.07, 6.45) is 0. The van der Waals surface area contributed by atoms with E-state index >= 15 is 0 Å². The van der Waals surface area contributed by atoms with Gasteiger partial charge in [-0.2, -0.15) is 0 Å². The molecule has 0 saturated heterocycles. The van der Waals surface area contributed by atoms with Crippen LogP contribution in [0.4, 0.5) is 0 Å². The molecule has 80 valence electrons. The Bertz CT molecular complexity index is 139. The number of hydrogen-bond donors (Lipinski definition) is 2. The summed E-state index contributed by atoms with van der Waals surface area (Å²) >= 11 is 0. The van der Waals surface area contributed by atoms with E-state index in [1.54, 1.807) is 0 Å². The Balaban J connectivity index is 3.67. The van der Waals surface area contributed by atoms with Crippen LogP contribution in [0.15, 0.2) is 0 Å². The van der Waals surface area contributed by atoms with Crippen molar-refractivity contribution in [3.8, 4) is 0 Å². The minimum Gasteiger partial charge on any atom is -0.326 e. The normalized spacial score (nSPS) is 15.9. The molecule has 0 aliphatic carbocycles. The number of nitrogens with one attached hydrogen (secondary N) is 1. The summed E-state index contributed by atoms with van der Waals surface area (Å²) in [5.74, 6) is 0. The van der Waals surface area contributed by atoms with Crippen LogP contribution in [0.3, 0.4) is 0 Å². The summed E-state index contributed by atoms with van der Waals surface area (Å²) in [6.45, 7) is 15.1. The van der Waals surface area contributed by atoms with Crippen molar-refractivity contribution in [3.05, 3.63) is 0 Å². The molecule has 0 aliphatic heterocycles. The predicted molar refractivity (Wildman–Crippen MR) is 59.8 cm³/mol. The molecular weight excluding hydrogens is 160 g/mol. The van der Waals surface area contributed by atoms with Crippen LogP contribution in [-0.4, -0.2) is 19.1 Å². The highest BCUT2D eigenvalue weighted by atomic mass is 14.9. The van der Waals surface area contributed by atoms with Gasteiger partial charge in [0.15, 0.2) is 0 Å². The van der Waals surface area contributed by atoms with Crippen LogP contribution in [-0.2, 0) is 0 Å². The van der Waals surface area contributed by atoms with E-state index < -0.39 is 0 Å². The molecule has 0 bridgehead atoms. The Morgan fingerprint density at radius 2 is 1.54 bits per heavy atom.